The quantitative estimate of drug-likeness (QED) is 0.0907. The minimum Gasteiger partial charge on any atom is -0.353 e. The monoisotopic (exact) mass is 1120 g/mol. The fourth-order valence-corrected chi connectivity index (χ4v) is 13.3. The third kappa shape index (κ3) is 12.7. The molecule has 0 radical (unpaired) electrons. The van der Waals surface area contributed by atoms with E-state index in [1.165, 1.54) is 37.7 Å². The third-order valence-corrected chi connectivity index (χ3v) is 17.6. The van der Waals surface area contributed by atoms with Gasteiger partial charge in [0.2, 0.25) is 21.7 Å². The Balaban J connectivity index is 0.000000214. The van der Waals surface area contributed by atoms with Gasteiger partial charge in [0.25, 0.3) is 0 Å². The molecule has 1 N–H and O–H groups in total. The standard InChI is InChI=1S/C39H42ClN7O2.C24H33ClN4O2/c1-4-31-25-45(17-18-46(31)32-13-15-44(16-14-32)23-29-9-5-27(20-41)6-10-29)39-34(40)19-33(22-43-39)47(24-30-11-7-28(21-42)8-12-30)36-35(26(2)3)37(48)38(36)49;1-4-17-14-28(10-11-29(17)18-8-6-5-7-9-18)24-19(25)12-16(13-26-24)27-21-20(15(2)3)22(30)23(21)31/h5-12,19,22,26,31-32H,4,13-18,23-25H2,1-3H3;12-13,15,17-18,27H,4-11,14H2,1-3H3/t31-;17-/m00/s1. The first-order valence-corrected chi connectivity index (χ1v) is 29.6. The highest BCUT2D eigenvalue weighted by Gasteiger charge is 2.36. The number of hydrogen-bond acceptors (Lipinski definition) is 15. The molecule has 3 aliphatic heterocycles. The van der Waals surface area contributed by atoms with Gasteiger partial charge in [-0.05, 0) is 111 Å². The average molecular weight is 1120 g/mol. The highest BCUT2D eigenvalue weighted by molar-refractivity contribution is 6.33. The first kappa shape index (κ1) is 58.2. The summed E-state index contributed by atoms with van der Waals surface area (Å²) in [4.78, 5) is 73.2. The molecule has 1 saturated carbocycles. The predicted molar refractivity (Wildman–Crippen MR) is 322 cm³/mol. The Kier molecular flexibility index (Phi) is 18.9. The largest absolute Gasteiger partial charge is 0.353 e. The molecule has 2 atom stereocenters. The zero-order valence-corrected chi connectivity index (χ0v) is 48.7. The van der Waals surface area contributed by atoms with Crippen LogP contribution in [0.25, 0.3) is 0 Å². The van der Waals surface area contributed by atoms with E-state index < -0.39 is 21.7 Å². The van der Waals surface area contributed by atoms with Crippen LogP contribution in [0.4, 0.5) is 34.4 Å². The van der Waals surface area contributed by atoms with Gasteiger partial charge in [0, 0.05) is 87.7 Å². The van der Waals surface area contributed by atoms with Gasteiger partial charge in [-0.3, -0.25) is 33.9 Å². The normalized spacial score (nSPS) is 19.1. The lowest BCUT2D eigenvalue weighted by molar-refractivity contribution is 0.0610. The van der Waals surface area contributed by atoms with Crippen LogP contribution in [-0.2, 0) is 13.1 Å². The smallest absolute Gasteiger partial charge is 0.250 e. The van der Waals surface area contributed by atoms with Crippen molar-refractivity contribution in [2.75, 3.05) is 72.4 Å². The number of benzene rings is 2. The molecule has 420 valence electrons. The number of pyridine rings is 2. The lowest BCUT2D eigenvalue weighted by Crippen LogP contribution is -2.58. The molecule has 0 unspecified atom stereocenters. The van der Waals surface area contributed by atoms with Crippen molar-refractivity contribution in [3.8, 4) is 12.1 Å². The first-order valence-electron chi connectivity index (χ1n) is 28.8. The van der Waals surface area contributed by atoms with Crippen LogP contribution in [-0.4, -0.2) is 101 Å². The number of hydrogen-bond donors (Lipinski definition) is 1. The van der Waals surface area contributed by atoms with E-state index in [0.717, 1.165) is 108 Å². The summed E-state index contributed by atoms with van der Waals surface area (Å²) >= 11 is 13.6. The lowest BCUT2D eigenvalue weighted by atomic mass is 9.92. The molecule has 1 aliphatic carbocycles. The minimum atomic E-state index is -0.500. The molecular formula is C63H75Cl2N11O4. The van der Waals surface area contributed by atoms with E-state index in [2.05, 4.69) is 72.9 Å². The highest BCUT2D eigenvalue weighted by Crippen LogP contribution is 2.37. The number of rotatable bonds is 16. The zero-order chi connectivity index (χ0) is 56.8. The third-order valence-electron chi connectivity index (χ3n) is 17.1. The van der Waals surface area contributed by atoms with Crippen molar-refractivity contribution in [2.45, 2.75) is 148 Å². The topological polar surface area (TPSA) is 173 Å². The maximum absolute atomic E-state index is 13.0. The molecule has 0 bridgehead atoms. The molecule has 3 saturated heterocycles. The molecule has 5 heterocycles. The molecule has 0 amide bonds. The summed E-state index contributed by atoms with van der Waals surface area (Å²) in [6.07, 6.45) is 14.6. The van der Waals surface area contributed by atoms with Crippen LogP contribution in [0.1, 0.15) is 145 Å². The van der Waals surface area contributed by atoms with E-state index in [1.54, 1.807) is 30.6 Å². The number of nitrogens with zero attached hydrogens (tertiary/aromatic N) is 10. The lowest BCUT2D eigenvalue weighted by Gasteiger charge is -2.48. The maximum Gasteiger partial charge on any atom is 0.250 e. The molecule has 0 spiro atoms. The van der Waals surface area contributed by atoms with Gasteiger partial charge in [-0.25, -0.2) is 9.97 Å². The second-order valence-corrected chi connectivity index (χ2v) is 23.6. The summed E-state index contributed by atoms with van der Waals surface area (Å²) < 4.78 is 0. The van der Waals surface area contributed by atoms with Crippen molar-refractivity contribution in [3.63, 3.8) is 0 Å². The van der Waals surface area contributed by atoms with Crippen molar-refractivity contribution >= 4 is 57.6 Å². The number of anilines is 6. The Morgan fingerprint density at radius 2 is 1.14 bits per heavy atom. The van der Waals surface area contributed by atoms with E-state index in [-0.39, 0.29) is 11.8 Å². The molecule has 6 aromatic rings. The number of halogens is 2. The number of likely N-dealkylation sites (tertiary alicyclic amines) is 1. The average Bonchev–Trinajstić information content (AvgIpc) is 3.48. The fraction of sp³-hybridized carbons (Fsp3) is 0.492. The van der Waals surface area contributed by atoms with E-state index >= 15 is 0 Å². The SMILES string of the molecule is CC[C@H]1CN(c2ncc(N(Cc3ccc(C#N)cc3)c3c(C(C)C)c(=O)c3=O)cc2Cl)CCN1C1CCN(Cc2ccc(C#N)cc2)CC1.CC[C@H]1CN(c2ncc(Nc3c(C(C)C)c(=O)c3=O)cc2Cl)CCN1C1CCCCC1. The first-order chi connectivity index (χ1) is 38.6. The molecule has 17 heteroatoms. The van der Waals surface area contributed by atoms with Gasteiger partial charge in [0.1, 0.15) is 17.3 Å². The number of piperidine rings is 1. The second-order valence-electron chi connectivity index (χ2n) is 22.8. The van der Waals surface area contributed by atoms with Crippen molar-refractivity contribution < 1.29 is 0 Å². The van der Waals surface area contributed by atoms with E-state index in [9.17, 15) is 24.4 Å². The number of nitriles is 2. The number of nitrogens with one attached hydrogen (secondary N) is 1. The molecule has 80 heavy (non-hydrogen) atoms. The Morgan fingerprint density at radius 1 is 0.625 bits per heavy atom. The fourth-order valence-electron chi connectivity index (χ4n) is 12.7. The summed E-state index contributed by atoms with van der Waals surface area (Å²) in [5.41, 5.74) is 4.69. The van der Waals surface area contributed by atoms with Crippen LogP contribution in [0.3, 0.4) is 0 Å². The van der Waals surface area contributed by atoms with Crippen molar-refractivity contribution in [2.24, 2.45) is 0 Å². The molecular weight excluding hydrogens is 1050 g/mol. The molecule has 15 nitrogen and oxygen atoms in total. The van der Waals surface area contributed by atoms with Crippen LogP contribution < -0.4 is 41.7 Å². The minimum absolute atomic E-state index is 0.00171. The summed E-state index contributed by atoms with van der Waals surface area (Å²) in [6, 6.07) is 25.3. The van der Waals surface area contributed by atoms with Gasteiger partial charge in [-0.15, -0.1) is 0 Å². The van der Waals surface area contributed by atoms with Gasteiger partial charge in [0.05, 0.1) is 62.8 Å². The van der Waals surface area contributed by atoms with Gasteiger partial charge < -0.3 is 20.0 Å². The van der Waals surface area contributed by atoms with Crippen LogP contribution in [0.2, 0.25) is 10.0 Å². The van der Waals surface area contributed by atoms with Crippen molar-refractivity contribution in [3.05, 3.63) is 157 Å². The summed E-state index contributed by atoms with van der Waals surface area (Å²) in [6.45, 7) is 21.0. The Bertz CT molecular complexity index is 3340. The zero-order valence-electron chi connectivity index (χ0n) is 47.2. The highest BCUT2D eigenvalue weighted by atomic mass is 35.5. The van der Waals surface area contributed by atoms with Crippen LogP contribution in [0.5, 0.6) is 0 Å². The van der Waals surface area contributed by atoms with Crippen molar-refractivity contribution in [1.29, 1.82) is 10.5 Å². The Labute approximate surface area is 480 Å². The van der Waals surface area contributed by atoms with Crippen LogP contribution in [0, 0.1) is 22.7 Å². The van der Waals surface area contributed by atoms with Crippen molar-refractivity contribution in [1.82, 2.24) is 24.7 Å². The number of aromatic nitrogens is 2. The molecule has 4 aliphatic rings. The van der Waals surface area contributed by atoms with Gasteiger partial charge in [-0.2, -0.15) is 10.5 Å². The van der Waals surface area contributed by atoms with E-state index in [0.29, 0.717) is 79.7 Å². The van der Waals surface area contributed by atoms with Crippen LogP contribution >= 0.6 is 23.2 Å². The predicted octanol–water partition coefficient (Wildman–Crippen LogP) is 10.5. The number of piperazine rings is 2. The summed E-state index contributed by atoms with van der Waals surface area (Å²) in [5, 5.41) is 22.5. The maximum atomic E-state index is 13.0. The van der Waals surface area contributed by atoms with E-state index in [1.807, 2.05) is 62.9 Å². The molecule has 4 aromatic carbocycles. The van der Waals surface area contributed by atoms with Gasteiger partial charge in [0.15, 0.2) is 0 Å². The van der Waals surface area contributed by atoms with Crippen LogP contribution in [0.15, 0.2) is 92.2 Å². The van der Waals surface area contributed by atoms with Gasteiger partial charge >= 0.3 is 0 Å². The molecule has 2 aromatic heterocycles. The Morgan fingerprint density at radius 3 is 1.65 bits per heavy atom. The molecule has 4 fully saturated rings. The summed E-state index contributed by atoms with van der Waals surface area (Å²) in [5.74, 6) is 1.42. The van der Waals surface area contributed by atoms with Gasteiger partial charge in [-0.1, -0.05) is 108 Å². The summed E-state index contributed by atoms with van der Waals surface area (Å²) in [7, 11) is 0. The second kappa shape index (κ2) is 26.0. The Hall–Kier alpha value is -6.46. The molecule has 10 rings (SSSR count). The van der Waals surface area contributed by atoms with E-state index in [4.69, 9.17) is 33.4 Å².